The van der Waals surface area contributed by atoms with Crippen molar-refractivity contribution in [3.8, 4) is 17.2 Å². The average Bonchev–Trinajstić information content (AvgIpc) is 3.80. The number of amides is 1. The van der Waals surface area contributed by atoms with E-state index in [4.69, 9.17) is 30.2 Å². The second kappa shape index (κ2) is 14.1. The molecule has 10 nitrogen and oxygen atoms in total. The number of ketones is 1. The minimum absolute atomic E-state index is 0.0601. The molecule has 2 aromatic heterocycles. The van der Waals surface area contributed by atoms with Gasteiger partial charge in [-0.2, -0.15) is 0 Å². The van der Waals surface area contributed by atoms with Crippen LogP contribution in [0, 0.1) is 0 Å². The van der Waals surface area contributed by atoms with Gasteiger partial charge in [-0.05, 0) is 60.9 Å². The van der Waals surface area contributed by atoms with E-state index in [2.05, 4.69) is 10.2 Å². The fourth-order valence-electron chi connectivity index (χ4n) is 5.17. The highest BCUT2D eigenvalue weighted by atomic mass is 35.5. The zero-order valence-electron chi connectivity index (χ0n) is 25.7. The summed E-state index contributed by atoms with van der Waals surface area (Å²) in [6.07, 6.45) is 0.797. The molecule has 47 heavy (non-hydrogen) atoms. The number of Topliss-reactive ketones (excluding diaryl/α,β-unsaturated/α-hetero) is 1. The topological polar surface area (TPSA) is 124 Å². The molecule has 1 aliphatic rings. The maximum Gasteiger partial charge on any atom is 0.296 e. The highest BCUT2D eigenvalue weighted by molar-refractivity contribution is 8.00. The van der Waals surface area contributed by atoms with Crippen molar-refractivity contribution >= 4 is 62.5 Å². The molecule has 1 N–H and O–H groups in total. The smallest absolute Gasteiger partial charge is 0.296 e. The van der Waals surface area contributed by atoms with E-state index in [-0.39, 0.29) is 16.5 Å². The zero-order chi connectivity index (χ0) is 33.1. The van der Waals surface area contributed by atoms with Gasteiger partial charge in [-0.15, -0.1) is 10.2 Å². The van der Waals surface area contributed by atoms with E-state index in [1.54, 1.807) is 42.5 Å². The van der Waals surface area contributed by atoms with Crippen molar-refractivity contribution in [2.24, 2.45) is 0 Å². The van der Waals surface area contributed by atoms with E-state index < -0.39 is 23.5 Å². The number of hydrogen-bond acceptors (Lipinski definition) is 11. The molecule has 3 aromatic carbocycles. The Hall–Kier alpha value is -4.52. The number of aliphatic hydroxyl groups excluding tert-OH is 1. The number of rotatable bonds is 13. The summed E-state index contributed by atoms with van der Waals surface area (Å²) < 4.78 is 23.7. The molecule has 6 rings (SSSR count). The normalized spacial score (nSPS) is 14.7. The summed E-state index contributed by atoms with van der Waals surface area (Å²) in [4.78, 5) is 29.3. The summed E-state index contributed by atoms with van der Waals surface area (Å²) >= 11 is 8.64. The van der Waals surface area contributed by atoms with Crippen molar-refractivity contribution in [2.45, 2.75) is 36.4 Å². The number of thioether (sulfide) groups is 1. The van der Waals surface area contributed by atoms with Crippen LogP contribution in [0.2, 0.25) is 5.02 Å². The fourth-order valence-corrected chi connectivity index (χ4v) is 7.12. The summed E-state index contributed by atoms with van der Waals surface area (Å²) in [6, 6.07) is 18.4. The Labute approximate surface area is 283 Å². The van der Waals surface area contributed by atoms with Crippen molar-refractivity contribution in [2.75, 3.05) is 25.2 Å². The number of carbonyl (C=O) groups is 2. The number of methoxy groups -OCH3 is 1. The Morgan fingerprint density at radius 2 is 1.85 bits per heavy atom. The van der Waals surface area contributed by atoms with E-state index in [0.717, 1.165) is 12.0 Å². The van der Waals surface area contributed by atoms with Crippen LogP contribution in [0.5, 0.6) is 17.2 Å². The van der Waals surface area contributed by atoms with Gasteiger partial charge in [-0.3, -0.25) is 14.5 Å². The van der Waals surface area contributed by atoms with E-state index >= 15 is 0 Å². The predicted molar refractivity (Wildman–Crippen MR) is 181 cm³/mol. The molecular formula is C34H30ClN3O7S2. The SMILES string of the molecule is CCCOc1ccc(C2C(C(=O)c3cc4cccc(OC)c4o3)=C(O)C(=O)N2c2nnc(SCc3ccc(Cl)cc3)s2)cc1OCC. The lowest BCUT2D eigenvalue weighted by molar-refractivity contribution is -0.117. The van der Waals surface area contributed by atoms with E-state index in [9.17, 15) is 14.7 Å². The van der Waals surface area contributed by atoms with Crippen LogP contribution in [-0.2, 0) is 10.5 Å². The molecule has 0 aliphatic carbocycles. The number of benzene rings is 3. The van der Waals surface area contributed by atoms with Gasteiger partial charge in [0, 0.05) is 16.2 Å². The van der Waals surface area contributed by atoms with Crippen molar-refractivity contribution in [1.82, 2.24) is 10.2 Å². The van der Waals surface area contributed by atoms with Crippen molar-refractivity contribution < 1.29 is 33.3 Å². The van der Waals surface area contributed by atoms with Gasteiger partial charge in [-0.1, -0.05) is 72.0 Å². The summed E-state index contributed by atoms with van der Waals surface area (Å²) in [5.74, 6) is -0.207. The molecule has 0 saturated heterocycles. The molecule has 0 radical (unpaired) electrons. The molecule has 1 aliphatic heterocycles. The van der Waals surface area contributed by atoms with Crippen molar-refractivity contribution in [3.63, 3.8) is 0 Å². The maximum absolute atomic E-state index is 14.2. The Morgan fingerprint density at radius 1 is 1.04 bits per heavy atom. The van der Waals surface area contributed by atoms with Crippen LogP contribution in [0.15, 0.2) is 86.8 Å². The number of hydrogen-bond donors (Lipinski definition) is 1. The van der Waals surface area contributed by atoms with Gasteiger partial charge < -0.3 is 23.7 Å². The molecule has 5 aromatic rings. The van der Waals surface area contributed by atoms with Crippen LogP contribution in [0.4, 0.5) is 5.13 Å². The number of anilines is 1. The Morgan fingerprint density at radius 3 is 2.60 bits per heavy atom. The van der Waals surface area contributed by atoms with Gasteiger partial charge in [0.2, 0.25) is 10.9 Å². The van der Waals surface area contributed by atoms with Crippen LogP contribution < -0.4 is 19.1 Å². The molecular weight excluding hydrogens is 662 g/mol. The standard InChI is InChI=1S/C34H30ClN3O7S2/c1-4-15-44-23-14-11-20(16-25(23)43-5-2)28-27(29(39)26-17-21-7-6-8-24(42-3)31(21)45-26)30(40)32(41)38(28)33-36-37-34(47-33)46-18-19-9-12-22(35)13-10-19/h6-14,16-17,28,40H,4-5,15,18H2,1-3H3. The van der Waals surface area contributed by atoms with Gasteiger partial charge in [0.25, 0.3) is 5.91 Å². The first-order valence-electron chi connectivity index (χ1n) is 14.8. The van der Waals surface area contributed by atoms with Crippen molar-refractivity contribution in [1.29, 1.82) is 0 Å². The summed E-state index contributed by atoms with van der Waals surface area (Å²) in [5, 5.41) is 21.4. The van der Waals surface area contributed by atoms with E-state index in [1.807, 2.05) is 38.1 Å². The molecule has 0 spiro atoms. The third kappa shape index (κ3) is 6.53. The fraction of sp³-hybridized carbons (Fsp3) is 0.235. The quantitative estimate of drug-likeness (QED) is 0.0734. The number of aromatic nitrogens is 2. The number of aliphatic hydroxyl groups is 1. The molecule has 0 bridgehead atoms. The lowest BCUT2D eigenvalue weighted by Gasteiger charge is -2.24. The number of halogens is 1. The van der Waals surface area contributed by atoms with Crippen LogP contribution in [-0.4, -0.2) is 47.3 Å². The third-order valence-electron chi connectivity index (χ3n) is 7.33. The average molecular weight is 692 g/mol. The lowest BCUT2D eigenvalue weighted by Crippen LogP contribution is -2.31. The van der Waals surface area contributed by atoms with Gasteiger partial charge in [-0.25, -0.2) is 0 Å². The molecule has 3 heterocycles. The first kappa shape index (κ1) is 32.4. The number of ether oxygens (including phenoxy) is 3. The Kier molecular flexibility index (Phi) is 9.71. The Balaban J connectivity index is 1.40. The second-order valence-electron chi connectivity index (χ2n) is 10.4. The number of para-hydroxylation sites is 1. The molecule has 1 amide bonds. The summed E-state index contributed by atoms with van der Waals surface area (Å²) in [7, 11) is 1.50. The molecule has 1 atom stereocenters. The first-order chi connectivity index (χ1) is 22.8. The number of nitrogens with zero attached hydrogens (tertiary/aromatic N) is 3. The van der Waals surface area contributed by atoms with Crippen LogP contribution in [0.3, 0.4) is 0 Å². The van der Waals surface area contributed by atoms with Crippen LogP contribution in [0.25, 0.3) is 11.0 Å². The monoisotopic (exact) mass is 691 g/mol. The molecule has 242 valence electrons. The van der Waals surface area contributed by atoms with E-state index in [1.165, 1.54) is 35.1 Å². The lowest BCUT2D eigenvalue weighted by atomic mass is 9.95. The summed E-state index contributed by atoms with van der Waals surface area (Å²) in [5.41, 5.74) is 1.74. The number of carbonyl (C=O) groups excluding carboxylic acids is 2. The van der Waals surface area contributed by atoms with Gasteiger partial charge in [0.15, 0.2) is 38.7 Å². The molecule has 0 saturated carbocycles. The van der Waals surface area contributed by atoms with Crippen LogP contribution >= 0.6 is 34.7 Å². The predicted octanol–water partition coefficient (Wildman–Crippen LogP) is 8.21. The molecule has 1 unspecified atom stereocenters. The maximum atomic E-state index is 14.2. The minimum atomic E-state index is -1.08. The highest BCUT2D eigenvalue weighted by Crippen LogP contribution is 2.46. The van der Waals surface area contributed by atoms with Gasteiger partial charge in [0.1, 0.15) is 0 Å². The number of furan rings is 1. The van der Waals surface area contributed by atoms with Gasteiger partial charge in [0.05, 0.1) is 31.9 Å². The second-order valence-corrected chi connectivity index (χ2v) is 13.0. The van der Waals surface area contributed by atoms with Gasteiger partial charge >= 0.3 is 0 Å². The highest BCUT2D eigenvalue weighted by Gasteiger charge is 2.47. The largest absolute Gasteiger partial charge is 0.503 e. The Bertz CT molecular complexity index is 1970. The third-order valence-corrected chi connectivity index (χ3v) is 9.71. The number of fused-ring (bicyclic) bond motifs is 1. The van der Waals surface area contributed by atoms with E-state index in [0.29, 0.717) is 62.1 Å². The summed E-state index contributed by atoms with van der Waals surface area (Å²) in [6.45, 7) is 4.69. The van der Waals surface area contributed by atoms with Crippen molar-refractivity contribution in [3.05, 3.63) is 100.0 Å². The first-order valence-corrected chi connectivity index (χ1v) is 17.0. The minimum Gasteiger partial charge on any atom is -0.503 e. The molecule has 0 fully saturated rings. The zero-order valence-corrected chi connectivity index (χ0v) is 28.1. The molecule has 13 heteroatoms. The van der Waals surface area contributed by atoms with Crippen LogP contribution in [0.1, 0.15) is 48.0 Å².